The molecule has 4 N–H and O–H groups in total. The Balaban J connectivity index is 2.18. The van der Waals surface area contributed by atoms with Crippen LogP contribution in [-0.4, -0.2) is 56.3 Å². The van der Waals surface area contributed by atoms with E-state index in [1.165, 1.54) is 12.8 Å². The number of hydrazine groups is 1. The fourth-order valence-electron chi connectivity index (χ4n) is 1.87. The second-order valence-corrected chi connectivity index (χ2v) is 5.06. The number of rotatable bonds is 9. The monoisotopic (exact) mass is 271 g/mol. The van der Waals surface area contributed by atoms with Crippen LogP contribution in [0.2, 0.25) is 0 Å². The quantitative estimate of drug-likeness (QED) is 0.185. The molecule has 0 radical (unpaired) electrons. The summed E-state index contributed by atoms with van der Waals surface area (Å²) < 4.78 is 5.27. The molecule has 1 aliphatic rings. The zero-order valence-corrected chi connectivity index (χ0v) is 12.5. The third-order valence-electron chi connectivity index (χ3n) is 3.43. The highest BCUT2D eigenvalue weighted by atomic mass is 16.5. The van der Waals surface area contributed by atoms with Crippen LogP contribution in [0, 0.1) is 0 Å². The summed E-state index contributed by atoms with van der Waals surface area (Å²) in [6.45, 7) is 7.30. The van der Waals surface area contributed by atoms with Crippen LogP contribution in [-0.2, 0) is 4.74 Å². The van der Waals surface area contributed by atoms with Crippen LogP contribution in [0.15, 0.2) is 4.99 Å². The summed E-state index contributed by atoms with van der Waals surface area (Å²) >= 11 is 0. The van der Waals surface area contributed by atoms with Crippen molar-refractivity contribution in [2.75, 3.05) is 33.4 Å². The number of likely N-dealkylation sites (N-methyl/N-ethyl adjacent to an activating group) is 1. The van der Waals surface area contributed by atoms with E-state index < -0.39 is 0 Å². The molecule has 0 saturated heterocycles. The maximum Gasteiger partial charge on any atom is 0.205 e. The molecule has 0 aromatic rings. The zero-order chi connectivity index (χ0) is 14.1. The zero-order valence-electron chi connectivity index (χ0n) is 12.5. The number of nitrogens with zero attached hydrogens (tertiary/aromatic N) is 2. The van der Waals surface area contributed by atoms with E-state index in [1.54, 1.807) is 0 Å². The number of hydrogen-bond donors (Lipinski definition) is 3. The molecule has 0 aromatic carbocycles. The van der Waals surface area contributed by atoms with Crippen molar-refractivity contribution < 1.29 is 4.74 Å². The average molecular weight is 271 g/mol. The van der Waals surface area contributed by atoms with Crippen molar-refractivity contribution in [3.63, 3.8) is 0 Å². The van der Waals surface area contributed by atoms with Gasteiger partial charge in [-0.15, -0.1) is 0 Å². The normalized spacial score (nSPS) is 17.6. The molecule has 0 spiro atoms. The molecule has 0 amide bonds. The lowest BCUT2D eigenvalue weighted by molar-refractivity contribution is 0.145. The molecule has 1 fully saturated rings. The van der Waals surface area contributed by atoms with Gasteiger partial charge in [-0.3, -0.25) is 15.3 Å². The van der Waals surface area contributed by atoms with E-state index >= 15 is 0 Å². The molecule has 1 atom stereocenters. The van der Waals surface area contributed by atoms with Crippen LogP contribution in [0.25, 0.3) is 0 Å². The van der Waals surface area contributed by atoms with Gasteiger partial charge in [0.15, 0.2) is 0 Å². The fraction of sp³-hybridized carbons (Fsp3) is 0.923. The first-order valence-corrected chi connectivity index (χ1v) is 7.23. The Morgan fingerprint density at radius 3 is 2.84 bits per heavy atom. The molecule has 19 heavy (non-hydrogen) atoms. The van der Waals surface area contributed by atoms with Crippen LogP contribution in [0.1, 0.15) is 33.1 Å². The number of aliphatic imine (C=N–C) groups is 1. The van der Waals surface area contributed by atoms with Gasteiger partial charge >= 0.3 is 0 Å². The fourth-order valence-corrected chi connectivity index (χ4v) is 1.87. The van der Waals surface area contributed by atoms with Gasteiger partial charge in [-0.05, 0) is 40.2 Å². The van der Waals surface area contributed by atoms with Crippen LogP contribution < -0.4 is 16.6 Å². The van der Waals surface area contributed by atoms with Crippen molar-refractivity contribution in [2.45, 2.75) is 45.2 Å². The second kappa shape index (κ2) is 9.12. The first-order chi connectivity index (χ1) is 9.19. The summed E-state index contributed by atoms with van der Waals surface area (Å²) in [5, 5.41) is 3.18. The van der Waals surface area contributed by atoms with Crippen molar-refractivity contribution in [3.05, 3.63) is 0 Å². The molecule has 1 aliphatic carbocycles. The Morgan fingerprint density at radius 1 is 1.53 bits per heavy atom. The minimum absolute atomic E-state index is 0.445. The molecule has 0 bridgehead atoms. The average Bonchev–Trinajstić information content (AvgIpc) is 3.25. The van der Waals surface area contributed by atoms with Crippen molar-refractivity contribution in [1.29, 1.82) is 0 Å². The largest absolute Gasteiger partial charge is 0.382 e. The Kier molecular flexibility index (Phi) is 7.78. The van der Waals surface area contributed by atoms with Gasteiger partial charge in [-0.2, -0.15) is 0 Å². The number of hydrogen-bond acceptors (Lipinski definition) is 4. The highest BCUT2D eigenvalue weighted by molar-refractivity contribution is 5.79. The molecule has 0 heterocycles. The highest BCUT2D eigenvalue weighted by Gasteiger charge is 2.28. The number of ether oxygens (including phenoxy) is 1. The van der Waals surface area contributed by atoms with E-state index in [4.69, 9.17) is 10.6 Å². The highest BCUT2D eigenvalue weighted by Crippen LogP contribution is 2.26. The van der Waals surface area contributed by atoms with Gasteiger partial charge in [-0.1, -0.05) is 0 Å². The van der Waals surface area contributed by atoms with E-state index in [9.17, 15) is 0 Å². The third kappa shape index (κ3) is 6.75. The Bertz CT molecular complexity index is 268. The summed E-state index contributed by atoms with van der Waals surface area (Å²) in [6, 6.07) is 1.21. The Labute approximate surface area is 116 Å². The summed E-state index contributed by atoms with van der Waals surface area (Å²) in [5.74, 6) is 6.12. The predicted octanol–water partition coefficient (Wildman–Crippen LogP) is 0.305. The van der Waals surface area contributed by atoms with Crippen LogP contribution in [0.4, 0.5) is 0 Å². The first-order valence-electron chi connectivity index (χ1n) is 7.23. The molecule has 1 saturated carbocycles. The lowest BCUT2D eigenvalue weighted by atomic mass is 10.3. The summed E-state index contributed by atoms with van der Waals surface area (Å²) in [4.78, 5) is 6.87. The molecule has 112 valence electrons. The molecule has 0 aliphatic heterocycles. The minimum atomic E-state index is 0.445. The van der Waals surface area contributed by atoms with Crippen LogP contribution >= 0.6 is 0 Å². The molecule has 1 rings (SSSR count). The lowest BCUT2D eigenvalue weighted by Crippen LogP contribution is -2.43. The molecule has 6 nitrogen and oxygen atoms in total. The van der Waals surface area contributed by atoms with Crippen molar-refractivity contribution in [2.24, 2.45) is 10.8 Å². The van der Waals surface area contributed by atoms with E-state index in [0.717, 1.165) is 38.8 Å². The van der Waals surface area contributed by atoms with Gasteiger partial charge in [0.1, 0.15) is 0 Å². The number of nitrogens with one attached hydrogen (secondary N) is 2. The van der Waals surface area contributed by atoms with Crippen molar-refractivity contribution >= 4 is 5.96 Å². The second-order valence-electron chi connectivity index (χ2n) is 5.06. The van der Waals surface area contributed by atoms with E-state index in [0.29, 0.717) is 12.0 Å². The molecular formula is C13H29N5O. The van der Waals surface area contributed by atoms with E-state index in [1.807, 2.05) is 6.92 Å². The smallest absolute Gasteiger partial charge is 0.205 e. The van der Waals surface area contributed by atoms with E-state index in [2.05, 4.69) is 34.6 Å². The Hall–Kier alpha value is -0.850. The predicted molar refractivity (Wildman–Crippen MR) is 79.0 cm³/mol. The maximum absolute atomic E-state index is 5.46. The summed E-state index contributed by atoms with van der Waals surface area (Å²) in [7, 11) is 2.17. The molecule has 1 unspecified atom stereocenters. The van der Waals surface area contributed by atoms with Crippen molar-refractivity contribution in [3.8, 4) is 0 Å². The SMILES string of the molecule is CCOCCCNC(=NCC(C)N(C)C1CC1)NN. The Morgan fingerprint density at radius 2 is 2.26 bits per heavy atom. The summed E-state index contributed by atoms with van der Waals surface area (Å²) in [6.07, 6.45) is 3.59. The summed E-state index contributed by atoms with van der Waals surface area (Å²) in [5.41, 5.74) is 2.61. The molecule has 6 heteroatoms. The van der Waals surface area contributed by atoms with Gasteiger partial charge in [0.05, 0.1) is 6.54 Å². The lowest BCUT2D eigenvalue weighted by Gasteiger charge is -2.23. The minimum Gasteiger partial charge on any atom is -0.382 e. The maximum atomic E-state index is 5.46. The van der Waals surface area contributed by atoms with Crippen LogP contribution in [0.3, 0.4) is 0 Å². The first kappa shape index (κ1) is 16.2. The van der Waals surface area contributed by atoms with E-state index in [-0.39, 0.29) is 0 Å². The molecular weight excluding hydrogens is 242 g/mol. The van der Waals surface area contributed by atoms with Gasteiger partial charge in [0.25, 0.3) is 0 Å². The molecule has 0 aromatic heterocycles. The van der Waals surface area contributed by atoms with Crippen LogP contribution in [0.5, 0.6) is 0 Å². The van der Waals surface area contributed by atoms with Crippen molar-refractivity contribution in [1.82, 2.24) is 15.6 Å². The topological polar surface area (TPSA) is 74.9 Å². The van der Waals surface area contributed by atoms with Gasteiger partial charge in [-0.25, -0.2) is 5.84 Å². The number of guanidine groups is 1. The number of nitrogens with two attached hydrogens (primary N) is 1. The van der Waals surface area contributed by atoms with Gasteiger partial charge < -0.3 is 10.1 Å². The third-order valence-corrected chi connectivity index (χ3v) is 3.43. The van der Waals surface area contributed by atoms with Gasteiger partial charge in [0, 0.05) is 31.8 Å². The standard InChI is InChI=1S/C13H29N5O/c1-4-19-9-5-8-15-13(17-14)16-10-11(2)18(3)12-6-7-12/h11-12H,4-10,14H2,1-3H3,(H2,15,16,17). The van der Waals surface area contributed by atoms with Gasteiger partial charge in [0.2, 0.25) is 5.96 Å².